The van der Waals surface area contributed by atoms with Crippen molar-refractivity contribution in [2.75, 3.05) is 26.6 Å². The van der Waals surface area contributed by atoms with Gasteiger partial charge >= 0.3 is 0 Å². The quantitative estimate of drug-likeness (QED) is 0.342. The Morgan fingerprint density at radius 3 is 2.56 bits per heavy atom. The van der Waals surface area contributed by atoms with Gasteiger partial charge in [0.05, 0.1) is 12.2 Å². The van der Waals surface area contributed by atoms with E-state index in [1.54, 1.807) is 30.3 Å². The van der Waals surface area contributed by atoms with Gasteiger partial charge in [0.15, 0.2) is 12.1 Å². The topological polar surface area (TPSA) is 119 Å². The highest BCUT2D eigenvalue weighted by atomic mass is 16.7. The van der Waals surface area contributed by atoms with E-state index in [9.17, 15) is 9.90 Å². The fourth-order valence-electron chi connectivity index (χ4n) is 3.97. The lowest BCUT2D eigenvalue weighted by molar-refractivity contribution is -0.163. The van der Waals surface area contributed by atoms with E-state index < -0.39 is 18.5 Å². The molecule has 0 bridgehead atoms. The highest BCUT2D eigenvalue weighted by Crippen LogP contribution is 2.46. The molecule has 8 heteroatoms. The predicted molar refractivity (Wildman–Crippen MR) is 115 cm³/mol. The van der Waals surface area contributed by atoms with Gasteiger partial charge in [0.1, 0.15) is 36.2 Å². The van der Waals surface area contributed by atoms with Crippen LogP contribution in [0.5, 0.6) is 11.5 Å². The zero-order valence-corrected chi connectivity index (χ0v) is 18.0. The first-order valence-corrected chi connectivity index (χ1v) is 10.4. The minimum atomic E-state index is -1.26. The molecule has 8 nitrogen and oxygen atoms in total. The standard InChI is InChI=1S/C24H26O8/c1-24(2)18-10-14(30-12-20(27)31-13-26)4-6-16(18)22(28)21-17-7-5-15(29-9-3-8-25)11-19(17)32-23(21)24/h4-7,10-11,20,25-27H,3,8-9,12-13H2,1-2H3/t20-/m0/s1. The van der Waals surface area contributed by atoms with Crippen LogP contribution in [0.1, 0.15) is 47.5 Å². The van der Waals surface area contributed by atoms with Gasteiger partial charge < -0.3 is 33.9 Å². The summed E-state index contributed by atoms with van der Waals surface area (Å²) in [5.41, 5.74) is 1.80. The molecule has 3 N–H and O–H groups in total. The molecule has 0 saturated carbocycles. The molecule has 0 radical (unpaired) electrons. The first kappa shape index (κ1) is 22.3. The zero-order valence-electron chi connectivity index (χ0n) is 18.0. The van der Waals surface area contributed by atoms with Gasteiger partial charge in [-0.2, -0.15) is 0 Å². The first-order chi connectivity index (χ1) is 15.4. The van der Waals surface area contributed by atoms with Crippen LogP contribution in [0.4, 0.5) is 0 Å². The minimum Gasteiger partial charge on any atom is -0.493 e. The van der Waals surface area contributed by atoms with Crippen molar-refractivity contribution in [2.24, 2.45) is 0 Å². The molecule has 0 fully saturated rings. The van der Waals surface area contributed by atoms with E-state index in [-0.39, 0.29) is 19.0 Å². The maximum absolute atomic E-state index is 13.4. The summed E-state index contributed by atoms with van der Waals surface area (Å²) in [6.07, 6.45) is -0.734. The lowest BCUT2D eigenvalue weighted by Gasteiger charge is -2.31. The Kier molecular flexibility index (Phi) is 6.21. The third-order valence-corrected chi connectivity index (χ3v) is 5.60. The number of benzene rings is 2. The van der Waals surface area contributed by atoms with E-state index in [1.807, 2.05) is 19.9 Å². The molecule has 0 amide bonds. The van der Waals surface area contributed by atoms with Gasteiger partial charge in [-0.3, -0.25) is 4.79 Å². The molecule has 0 saturated heterocycles. The number of ketones is 1. The Morgan fingerprint density at radius 1 is 1.06 bits per heavy atom. The maximum Gasteiger partial charge on any atom is 0.197 e. The number of carbonyl (C=O) groups is 1. The number of aliphatic hydroxyl groups excluding tert-OH is 3. The number of hydrogen-bond donors (Lipinski definition) is 3. The molecule has 1 atom stereocenters. The van der Waals surface area contributed by atoms with Crippen LogP contribution in [0.2, 0.25) is 0 Å². The second-order valence-corrected chi connectivity index (χ2v) is 8.11. The van der Waals surface area contributed by atoms with E-state index in [4.69, 9.17) is 24.1 Å². The molecule has 0 aliphatic heterocycles. The Hall–Kier alpha value is -2.91. The monoisotopic (exact) mass is 442 g/mol. The summed E-state index contributed by atoms with van der Waals surface area (Å²) in [6.45, 7) is 3.62. The zero-order chi connectivity index (χ0) is 22.9. The lowest BCUT2D eigenvalue weighted by Crippen LogP contribution is -2.29. The molecule has 0 unspecified atom stereocenters. The molecular weight excluding hydrogens is 416 g/mol. The van der Waals surface area contributed by atoms with Crippen LogP contribution in [0.15, 0.2) is 40.8 Å². The summed E-state index contributed by atoms with van der Waals surface area (Å²) in [6, 6.07) is 10.5. The highest BCUT2D eigenvalue weighted by Gasteiger charge is 2.41. The molecule has 170 valence electrons. The van der Waals surface area contributed by atoms with Gasteiger partial charge in [0.2, 0.25) is 0 Å². The van der Waals surface area contributed by atoms with E-state index >= 15 is 0 Å². The molecule has 1 aromatic heterocycles. The van der Waals surface area contributed by atoms with Crippen molar-refractivity contribution in [2.45, 2.75) is 32.0 Å². The number of ether oxygens (including phenoxy) is 3. The first-order valence-electron chi connectivity index (χ1n) is 10.4. The van der Waals surface area contributed by atoms with Gasteiger partial charge in [-0.1, -0.05) is 0 Å². The normalized spacial score (nSPS) is 15.3. The lowest BCUT2D eigenvalue weighted by atomic mass is 9.72. The third kappa shape index (κ3) is 3.98. The summed E-state index contributed by atoms with van der Waals surface area (Å²) in [5.74, 6) is 1.51. The van der Waals surface area contributed by atoms with Crippen molar-refractivity contribution in [1.82, 2.24) is 0 Å². The molecule has 32 heavy (non-hydrogen) atoms. The largest absolute Gasteiger partial charge is 0.493 e. The van der Waals surface area contributed by atoms with Gasteiger partial charge in [0.25, 0.3) is 0 Å². The molecule has 1 aliphatic rings. The molecule has 4 rings (SSSR count). The van der Waals surface area contributed by atoms with Gasteiger partial charge in [-0.25, -0.2) is 0 Å². The summed E-state index contributed by atoms with van der Waals surface area (Å²) in [7, 11) is 0. The number of rotatable bonds is 9. The number of hydrogen-bond acceptors (Lipinski definition) is 8. The minimum absolute atomic E-state index is 0.0529. The van der Waals surface area contributed by atoms with Gasteiger partial charge in [0, 0.05) is 35.5 Å². The Bertz CT molecular complexity index is 1130. The SMILES string of the molecule is CC1(C)c2cc(OC[C@@H](O)OCO)ccc2C(=O)c2c1oc1cc(OCCCO)ccc21. The summed E-state index contributed by atoms with van der Waals surface area (Å²) >= 11 is 0. The number of furan rings is 1. The van der Waals surface area contributed by atoms with Crippen LogP contribution >= 0.6 is 0 Å². The van der Waals surface area contributed by atoms with Gasteiger partial charge in [-0.05, 0) is 49.7 Å². The third-order valence-electron chi connectivity index (χ3n) is 5.60. The smallest absolute Gasteiger partial charge is 0.197 e. The number of carbonyl (C=O) groups excluding carboxylic acids is 1. The van der Waals surface area contributed by atoms with Crippen LogP contribution in [0, 0.1) is 0 Å². The van der Waals surface area contributed by atoms with Crippen molar-refractivity contribution in [3.8, 4) is 11.5 Å². The van der Waals surface area contributed by atoms with E-state index in [2.05, 4.69) is 4.74 Å². The van der Waals surface area contributed by atoms with E-state index in [1.165, 1.54) is 0 Å². The van der Waals surface area contributed by atoms with Crippen molar-refractivity contribution < 1.29 is 38.7 Å². The second-order valence-electron chi connectivity index (χ2n) is 8.11. The summed E-state index contributed by atoms with van der Waals surface area (Å²) in [4.78, 5) is 13.4. The van der Waals surface area contributed by atoms with Gasteiger partial charge in [-0.15, -0.1) is 0 Å². The fourth-order valence-corrected chi connectivity index (χ4v) is 3.97. The van der Waals surface area contributed by atoms with Crippen molar-refractivity contribution in [3.05, 3.63) is 58.8 Å². The Balaban J connectivity index is 1.68. The average molecular weight is 442 g/mol. The van der Waals surface area contributed by atoms with Crippen LogP contribution in [0.25, 0.3) is 11.0 Å². The van der Waals surface area contributed by atoms with Crippen molar-refractivity contribution in [3.63, 3.8) is 0 Å². The maximum atomic E-state index is 13.4. The average Bonchev–Trinajstić information content (AvgIpc) is 3.17. The molecule has 1 aliphatic carbocycles. The summed E-state index contributed by atoms with van der Waals surface area (Å²) < 4.78 is 22.0. The van der Waals surface area contributed by atoms with E-state index in [0.29, 0.717) is 47.0 Å². The fraction of sp³-hybridized carbons (Fsp3) is 0.375. The molecular formula is C24H26O8. The van der Waals surface area contributed by atoms with Crippen LogP contribution in [0.3, 0.4) is 0 Å². The Labute approximate surface area is 184 Å². The number of fused-ring (bicyclic) bond motifs is 4. The predicted octanol–water partition coefficient (Wildman–Crippen LogP) is 2.73. The molecule has 3 aromatic rings. The van der Waals surface area contributed by atoms with Crippen molar-refractivity contribution >= 4 is 16.8 Å². The van der Waals surface area contributed by atoms with Crippen LogP contribution < -0.4 is 9.47 Å². The molecule has 1 heterocycles. The second kappa shape index (κ2) is 8.91. The Morgan fingerprint density at radius 2 is 1.81 bits per heavy atom. The van der Waals surface area contributed by atoms with Crippen molar-refractivity contribution in [1.29, 1.82) is 0 Å². The highest BCUT2D eigenvalue weighted by molar-refractivity contribution is 6.19. The molecule has 0 spiro atoms. The van der Waals surface area contributed by atoms with E-state index in [0.717, 1.165) is 10.9 Å². The van der Waals surface area contributed by atoms with Crippen LogP contribution in [-0.4, -0.2) is 54.0 Å². The van der Waals surface area contributed by atoms with Crippen LogP contribution in [-0.2, 0) is 10.2 Å². The summed E-state index contributed by atoms with van der Waals surface area (Å²) in [5, 5.41) is 28.0. The number of aliphatic hydroxyl groups is 3. The molecule has 2 aromatic carbocycles.